The van der Waals surface area contributed by atoms with Gasteiger partial charge >= 0.3 is 6.18 Å². The molecule has 2 aromatic carbocycles. The van der Waals surface area contributed by atoms with E-state index in [1.165, 1.54) is 50.4 Å². The number of pyridine rings is 1. The lowest BCUT2D eigenvalue weighted by Gasteiger charge is -2.22. The first kappa shape index (κ1) is 29.4. The summed E-state index contributed by atoms with van der Waals surface area (Å²) >= 11 is 5.77. The molecular formula is C27H26ClF4N3O5. The molecule has 3 atom stereocenters. The van der Waals surface area contributed by atoms with E-state index >= 15 is 0 Å². The summed E-state index contributed by atoms with van der Waals surface area (Å²) in [4.78, 5) is 17.0. The van der Waals surface area contributed by atoms with Gasteiger partial charge in [-0.3, -0.25) is 4.79 Å². The molecule has 2 heterocycles. The zero-order chi connectivity index (χ0) is 29.2. The van der Waals surface area contributed by atoms with Crippen LogP contribution in [0.2, 0.25) is 5.02 Å². The number of hydrogen-bond acceptors (Lipinski definition) is 7. The predicted octanol–water partition coefficient (Wildman–Crippen LogP) is 4.78. The van der Waals surface area contributed by atoms with E-state index in [0.717, 1.165) is 6.07 Å². The van der Waals surface area contributed by atoms with Crippen molar-refractivity contribution in [2.45, 2.75) is 31.2 Å². The molecule has 13 heteroatoms. The third kappa shape index (κ3) is 6.40. The van der Waals surface area contributed by atoms with Crippen LogP contribution in [-0.4, -0.2) is 55.1 Å². The molecule has 0 radical (unpaired) electrons. The Bertz CT molecular complexity index is 1400. The van der Waals surface area contributed by atoms with Crippen molar-refractivity contribution in [3.8, 4) is 28.5 Å². The van der Waals surface area contributed by atoms with Gasteiger partial charge in [0.25, 0.3) is 5.91 Å². The molecule has 0 bridgehead atoms. The number of aromatic nitrogens is 1. The Labute approximate surface area is 232 Å². The Kier molecular flexibility index (Phi) is 8.71. The maximum Gasteiger partial charge on any atom is 0.398 e. The van der Waals surface area contributed by atoms with Crippen LogP contribution in [0.5, 0.6) is 17.2 Å². The molecule has 0 aliphatic carbocycles. The van der Waals surface area contributed by atoms with Crippen LogP contribution in [0.25, 0.3) is 11.3 Å². The van der Waals surface area contributed by atoms with E-state index in [4.69, 9.17) is 31.5 Å². The molecule has 214 valence electrons. The van der Waals surface area contributed by atoms with Crippen molar-refractivity contribution in [2.75, 3.05) is 26.9 Å². The number of fused-ring (bicyclic) bond motifs is 1. The third-order valence-corrected chi connectivity index (χ3v) is 6.45. The summed E-state index contributed by atoms with van der Waals surface area (Å²) in [6.45, 7) is 0.665. The molecule has 0 saturated carbocycles. The molecule has 8 nitrogen and oxygen atoms in total. The van der Waals surface area contributed by atoms with Crippen LogP contribution in [0.4, 0.5) is 17.6 Å². The number of halogens is 5. The fourth-order valence-corrected chi connectivity index (χ4v) is 4.22. The molecule has 1 aliphatic heterocycles. The van der Waals surface area contributed by atoms with Crippen LogP contribution in [0.1, 0.15) is 40.5 Å². The van der Waals surface area contributed by atoms with E-state index in [1.807, 2.05) is 0 Å². The molecule has 0 saturated heterocycles. The van der Waals surface area contributed by atoms with Gasteiger partial charge in [-0.05, 0) is 43.3 Å². The predicted molar refractivity (Wildman–Crippen MR) is 138 cm³/mol. The molecule has 2 unspecified atom stereocenters. The lowest BCUT2D eigenvalue weighted by Crippen LogP contribution is -2.35. The van der Waals surface area contributed by atoms with Gasteiger partial charge < -0.3 is 30.4 Å². The summed E-state index contributed by atoms with van der Waals surface area (Å²) < 4.78 is 73.3. The van der Waals surface area contributed by atoms with Crippen LogP contribution >= 0.6 is 11.6 Å². The number of nitrogens with one attached hydrogen (secondary N) is 1. The van der Waals surface area contributed by atoms with Gasteiger partial charge in [0.2, 0.25) is 0 Å². The highest BCUT2D eigenvalue weighted by Gasteiger charge is 2.43. The Balaban J connectivity index is 1.63. The normalized spacial score (nSPS) is 16.1. The number of methoxy groups -OCH3 is 1. The van der Waals surface area contributed by atoms with Crippen LogP contribution < -0.4 is 25.3 Å². The lowest BCUT2D eigenvalue weighted by molar-refractivity contribution is -0.149. The summed E-state index contributed by atoms with van der Waals surface area (Å²) in [6.07, 6.45) is -5.56. The van der Waals surface area contributed by atoms with Crippen molar-refractivity contribution in [3.63, 3.8) is 0 Å². The first-order valence-corrected chi connectivity index (χ1v) is 12.5. The molecule has 1 aromatic heterocycles. The van der Waals surface area contributed by atoms with Gasteiger partial charge in [0, 0.05) is 23.2 Å². The zero-order valence-electron chi connectivity index (χ0n) is 21.4. The van der Waals surface area contributed by atoms with E-state index < -0.39 is 48.2 Å². The van der Waals surface area contributed by atoms with Crippen molar-refractivity contribution < 1.29 is 41.7 Å². The largest absolute Gasteiger partial charge is 0.493 e. The molecule has 3 aromatic rings. The summed E-state index contributed by atoms with van der Waals surface area (Å²) in [5.41, 5.74) is 6.09. The molecule has 40 heavy (non-hydrogen) atoms. The van der Waals surface area contributed by atoms with E-state index in [9.17, 15) is 27.5 Å². The Morgan fingerprint density at radius 3 is 2.65 bits per heavy atom. The second-order valence-corrected chi connectivity index (χ2v) is 9.60. The fourth-order valence-electron chi connectivity index (χ4n) is 4.10. The van der Waals surface area contributed by atoms with Gasteiger partial charge in [0.15, 0.2) is 17.2 Å². The average Bonchev–Trinajstić information content (AvgIpc) is 3.28. The van der Waals surface area contributed by atoms with E-state index in [-0.39, 0.29) is 57.9 Å². The lowest BCUT2D eigenvalue weighted by atomic mass is 9.97. The van der Waals surface area contributed by atoms with Crippen LogP contribution in [0.3, 0.4) is 0 Å². The van der Waals surface area contributed by atoms with Gasteiger partial charge in [-0.25, -0.2) is 9.37 Å². The number of benzene rings is 2. The van der Waals surface area contributed by atoms with Crippen LogP contribution in [0, 0.1) is 5.82 Å². The maximum atomic E-state index is 14.3. The van der Waals surface area contributed by atoms with Crippen molar-refractivity contribution >= 4 is 17.5 Å². The molecule has 0 fully saturated rings. The Hall–Kier alpha value is -3.61. The molecule has 4 N–H and O–H groups in total. The van der Waals surface area contributed by atoms with E-state index in [0.29, 0.717) is 0 Å². The van der Waals surface area contributed by atoms with Crippen molar-refractivity contribution in [1.29, 1.82) is 0 Å². The number of carbonyl (C=O) groups excluding carboxylic acids is 1. The summed E-state index contributed by atoms with van der Waals surface area (Å²) in [7, 11) is 1.34. The molecule has 4 rings (SSSR count). The zero-order valence-corrected chi connectivity index (χ0v) is 22.1. The number of nitrogens with two attached hydrogens (primary N) is 1. The van der Waals surface area contributed by atoms with E-state index in [1.54, 1.807) is 0 Å². The average molecular weight is 584 g/mol. The topological polar surface area (TPSA) is 116 Å². The number of hydrogen-bond donors (Lipinski definition) is 3. The van der Waals surface area contributed by atoms with Gasteiger partial charge in [-0.1, -0.05) is 17.7 Å². The number of nitrogens with zero attached hydrogens (tertiary/aromatic N) is 1. The van der Waals surface area contributed by atoms with Crippen molar-refractivity contribution in [2.24, 2.45) is 5.73 Å². The quantitative estimate of drug-likeness (QED) is 0.311. The Morgan fingerprint density at radius 1 is 1.25 bits per heavy atom. The molecule has 0 spiro atoms. The van der Waals surface area contributed by atoms with Gasteiger partial charge in [-0.2, -0.15) is 13.2 Å². The second kappa shape index (κ2) is 11.9. The summed E-state index contributed by atoms with van der Waals surface area (Å²) in [6, 6.07) is 8.28. The monoisotopic (exact) mass is 583 g/mol. The SMILES string of the molecule is COc1cc(C(=O)NCC(c2cc3c(c(-c4ccc(Cl)c(F)c4)n2)OCC3N)C(F)(F)F)ccc1OC[C@@H](C)O. The highest BCUT2D eigenvalue weighted by atomic mass is 35.5. The van der Waals surface area contributed by atoms with Crippen molar-refractivity contribution in [3.05, 3.63) is 70.1 Å². The summed E-state index contributed by atoms with van der Waals surface area (Å²) in [5.74, 6) is -3.22. The number of ether oxygens (including phenoxy) is 3. The van der Waals surface area contributed by atoms with E-state index in [2.05, 4.69) is 10.3 Å². The number of amides is 1. The minimum atomic E-state index is -4.81. The van der Waals surface area contributed by atoms with Crippen molar-refractivity contribution in [1.82, 2.24) is 10.3 Å². The minimum Gasteiger partial charge on any atom is -0.493 e. The Morgan fingerprint density at radius 2 is 2.00 bits per heavy atom. The maximum absolute atomic E-state index is 14.3. The van der Waals surface area contributed by atoms with Gasteiger partial charge in [0.05, 0.1) is 30.0 Å². The standard InChI is InChI=1S/C27H26ClF4N3O5/c1-13(36)11-39-22-6-4-15(8-23(22)38-2)26(37)34-10-17(27(30,31)32)21-9-16-20(33)12-40-25(16)24(35-21)14-3-5-18(28)19(29)7-14/h3-9,13,17,20,36H,10-12,33H2,1-2H3,(H,34,37)/t13-,17?,20?/m1/s1. The van der Waals surface area contributed by atoms with Crippen LogP contribution in [-0.2, 0) is 0 Å². The number of rotatable bonds is 9. The molecule has 1 aliphatic rings. The first-order valence-electron chi connectivity index (χ1n) is 12.1. The van der Waals surface area contributed by atoms with Gasteiger partial charge in [-0.15, -0.1) is 0 Å². The fraction of sp³-hybridized carbons (Fsp3) is 0.333. The smallest absolute Gasteiger partial charge is 0.398 e. The summed E-state index contributed by atoms with van der Waals surface area (Å²) in [5, 5.41) is 11.6. The number of carbonyl (C=O) groups is 1. The number of aliphatic hydroxyl groups is 1. The molecule has 1 amide bonds. The van der Waals surface area contributed by atoms with Crippen LogP contribution in [0.15, 0.2) is 42.5 Å². The number of aliphatic hydroxyl groups excluding tert-OH is 1. The minimum absolute atomic E-state index is 0.00964. The highest BCUT2D eigenvalue weighted by Crippen LogP contribution is 2.43. The second-order valence-electron chi connectivity index (χ2n) is 9.19. The highest BCUT2D eigenvalue weighted by molar-refractivity contribution is 6.30. The first-order chi connectivity index (χ1) is 18.9. The number of alkyl halides is 3. The van der Waals surface area contributed by atoms with Gasteiger partial charge in [0.1, 0.15) is 30.6 Å². The third-order valence-electron chi connectivity index (χ3n) is 6.15. The molecular weight excluding hydrogens is 558 g/mol.